The van der Waals surface area contributed by atoms with E-state index in [2.05, 4.69) is 263 Å². The van der Waals surface area contributed by atoms with Crippen LogP contribution in [-0.2, 0) is 18.0 Å². The monoisotopic (exact) mass is 1540 g/mol. The Balaban J connectivity index is 4.38. The van der Waals surface area contributed by atoms with E-state index < -0.39 is 15.6 Å². The van der Waals surface area contributed by atoms with Gasteiger partial charge in [-0.2, -0.15) is 4.31 Å². The normalized spacial score (nSPS) is 15.8. The van der Waals surface area contributed by atoms with Crippen LogP contribution in [0.5, 0.6) is 0 Å². The molecule has 0 aliphatic rings. The molecule has 0 fully saturated rings. The van der Waals surface area contributed by atoms with Gasteiger partial charge in [0.25, 0.3) is 0 Å². The van der Waals surface area contributed by atoms with Crippen molar-refractivity contribution in [2.75, 3.05) is 6.61 Å². The van der Waals surface area contributed by atoms with Gasteiger partial charge in [-0.05, 0) is 389 Å². The Kier molecular flexibility index (Phi) is 62.5. The molecular formula is C100H164O7P2. The first-order valence-electron chi connectivity index (χ1n) is 42.5. The average molecular weight is 1540 g/mol. The fourth-order valence-corrected chi connectivity index (χ4v) is 14.3. The van der Waals surface area contributed by atoms with E-state index in [0.29, 0.717) is 0 Å². The zero-order valence-electron chi connectivity index (χ0n) is 74.0. The quantitative estimate of drug-likeness (QED) is 0.0411. The highest BCUT2D eigenvalue weighted by Crippen LogP contribution is 2.57. The van der Waals surface area contributed by atoms with Crippen LogP contribution in [0, 0.1) is 0 Å². The van der Waals surface area contributed by atoms with Gasteiger partial charge in [0.2, 0.25) is 0 Å². The summed E-state index contributed by atoms with van der Waals surface area (Å²) in [6, 6.07) is 0. The lowest BCUT2D eigenvalue weighted by Crippen LogP contribution is -1.94. The predicted octanol–water partition coefficient (Wildman–Crippen LogP) is 34.0. The van der Waals surface area contributed by atoms with Gasteiger partial charge in [-0.3, -0.25) is 4.52 Å². The van der Waals surface area contributed by atoms with Gasteiger partial charge in [0.1, 0.15) is 0 Å². The fourth-order valence-electron chi connectivity index (χ4n) is 12.8. The first-order chi connectivity index (χ1) is 51.6. The van der Waals surface area contributed by atoms with Gasteiger partial charge in [-0.1, -0.05) is 233 Å². The molecule has 0 saturated heterocycles. The van der Waals surface area contributed by atoms with Crippen molar-refractivity contribution in [1.29, 1.82) is 0 Å². The highest BCUT2D eigenvalue weighted by atomic mass is 31.3. The molecule has 0 saturated carbocycles. The first-order valence-corrected chi connectivity index (χ1v) is 45.5. The van der Waals surface area contributed by atoms with Crippen LogP contribution in [0.25, 0.3) is 0 Å². The van der Waals surface area contributed by atoms with Crippen molar-refractivity contribution in [2.24, 2.45) is 0 Å². The molecule has 0 radical (unpaired) electrons. The third-order valence-electron chi connectivity index (χ3n) is 20.5. The van der Waals surface area contributed by atoms with Crippen LogP contribution in [0.15, 0.2) is 233 Å². The second-order valence-electron chi connectivity index (χ2n) is 32.8. The molecule has 0 heterocycles. The molecule has 616 valence electrons. The molecule has 0 amide bonds. The number of phosphoric ester groups is 1. The molecule has 9 heteroatoms. The van der Waals surface area contributed by atoms with E-state index in [1.807, 2.05) is 6.92 Å². The number of allylic oxidation sites excluding steroid dienone is 39. The van der Waals surface area contributed by atoms with Gasteiger partial charge >= 0.3 is 15.6 Å². The summed E-state index contributed by atoms with van der Waals surface area (Å²) in [5.74, 6) is 0. The number of hydrogen-bond donors (Lipinski definition) is 3. The van der Waals surface area contributed by atoms with E-state index in [1.165, 1.54) is 138 Å². The molecule has 0 aliphatic carbocycles. The molecule has 0 aromatic heterocycles. The van der Waals surface area contributed by atoms with Gasteiger partial charge in [-0.25, -0.2) is 9.13 Å². The second-order valence-corrected chi connectivity index (χ2v) is 35.6. The molecular weight excluding hydrogens is 1380 g/mol. The van der Waals surface area contributed by atoms with Gasteiger partial charge < -0.3 is 14.7 Å². The van der Waals surface area contributed by atoms with E-state index in [1.54, 1.807) is 6.08 Å². The van der Waals surface area contributed by atoms with Crippen molar-refractivity contribution in [1.82, 2.24) is 0 Å². The molecule has 109 heavy (non-hydrogen) atoms. The lowest BCUT2D eigenvalue weighted by atomic mass is 10.0. The van der Waals surface area contributed by atoms with Crippen LogP contribution in [0.2, 0.25) is 0 Å². The van der Waals surface area contributed by atoms with Crippen LogP contribution >= 0.6 is 15.6 Å². The third kappa shape index (κ3) is 70.6. The Hall–Kier alpha value is -4.94. The standard InChI is InChI=1S/C100H164O7P2/c1-81(2)41-22-42-82(3)43-23-44-83(4)45-24-46-84(5)47-25-48-85(6)49-26-50-86(7)51-27-52-87(8)53-28-54-88(9)55-29-56-89(10)57-30-58-90(11)59-31-60-91(12)61-32-62-92(13)63-33-64-93(14)65-34-66-94(15)67-35-68-95(16)69-36-70-96(17)71-37-72-97(18)73-38-74-98(19)75-39-76-99(20)77-40-78-100(21)79-80-106-109(104,105)107-108(101,102)103/h41,43,45,47,49,51,53,55,57,59,61,63,65,67,69,71,73,75,77,79H,22-40,42,44,46,48,50,52,54,56,58,60,62,64,66,68,70,72,74,76,78,80H2,1-21H3,(H,104,105)(H2,101,102,103)/b82-43+,83-45+,84-47+,85-49+,86-51+,87-53+,88-55+,89-57+,90-59+,91-61+,92-63+,93-65+,94-67+,95-69+,96-71+,97-73+,98-75+,99-77+,100-79+. The predicted molar refractivity (Wildman–Crippen MR) is 485 cm³/mol. The number of hydrogen-bond acceptors (Lipinski definition) is 4. The van der Waals surface area contributed by atoms with Gasteiger partial charge in [0, 0.05) is 0 Å². The van der Waals surface area contributed by atoms with Crippen molar-refractivity contribution in [3.05, 3.63) is 233 Å². The maximum absolute atomic E-state index is 11.6. The topological polar surface area (TPSA) is 113 Å². The summed E-state index contributed by atoms with van der Waals surface area (Å²) in [6.45, 7) is 47.2. The van der Waals surface area contributed by atoms with E-state index in [0.717, 1.165) is 217 Å². The Morgan fingerprint density at radius 3 is 0.413 bits per heavy atom. The summed E-state index contributed by atoms with van der Waals surface area (Å²) in [5, 5.41) is 0. The smallest absolute Gasteiger partial charge is 0.302 e. The first kappa shape index (κ1) is 104. The Morgan fingerprint density at radius 1 is 0.193 bits per heavy atom. The van der Waals surface area contributed by atoms with E-state index in [-0.39, 0.29) is 6.61 Å². The third-order valence-corrected chi connectivity index (χ3v) is 22.7. The molecule has 0 aromatic rings. The minimum absolute atomic E-state index is 0.276. The van der Waals surface area contributed by atoms with Gasteiger partial charge in [0.05, 0.1) is 6.61 Å². The van der Waals surface area contributed by atoms with Gasteiger partial charge in [-0.15, -0.1) is 0 Å². The van der Waals surface area contributed by atoms with E-state index >= 15 is 0 Å². The zero-order valence-corrected chi connectivity index (χ0v) is 75.8. The summed E-state index contributed by atoms with van der Waals surface area (Å²) in [5.41, 5.74) is 29.3. The largest absolute Gasteiger partial charge is 0.481 e. The lowest BCUT2D eigenvalue weighted by molar-refractivity contribution is 0.191. The molecule has 0 aromatic carbocycles. The maximum atomic E-state index is 11.6. The summed E-state index contributed by atoms with van der Waals surface area (Å²) in [7, 11) is -9.94. The minimum atomic E-state index is -5.12. The summed E-state index contributed by atoms with van der Waals surface area (Å²) in [4.78, 5) is 26.8. The van der Waals surface area contributed by atoms with Crippen molar-refractivity contribution in [2.45, 2.75) is 389 Å². The fraction of sp³-hybridized carbons (Fsp3) is 0.600. The lowest BCUT2D eigenvalue weighted by Gasteiger charge is -2.11. The minimum Gasteiger partial charge on any atom is -0.302 e. The Morgan fingerprint density at radius 2 is 0.303 bits per heavy atom. The summed E-state index contributed by atoms with van der Waals surface area (Å²) < 4.78 is 30.8. The number of phosphoric acid groups is 2. The van der Waals surface area contributed by atoms with Crippen molar-refractivity contribution in [3.8, 4) is 0 Å². The maximum Gasteiger partial charge on any atom is 0.481 e. The summed E-state index contributed by atoms with van der Waals surface area (Å²) in [6.07, 6.45) is 90.3. The molecule has 0 aliphatic heterocycles. The zero-order chi connectivity index (χ0) is 81.7. The van der Waals surface area contributed by atoms with Crippen molar-refractivity contribution >= 4 is 15.6 Å². The average Bonchev–Trinajstić information content (AvgIpc) is 0.888. The number of rotatable bonds is 62. The van der Waals surface area contributed by atoms with E-state index in [9.17, 15) is 14.0 Å². The molecule has 0 rings (SSSR count). The molecule has 7 nitrogen and oxygen atoms in total. The highest BCUT2D eigenvalue weighted by molar-refractivity contribution is 7.60. The van der Waals surface area contributed by atoms with Crippen molar-refractivity contribution in [3.63, 3.8) is 0 Å². The van der Waals surface area contributed by atoms with Crippen LogP contribution < -0.4 is 0 Å². The van der Waals surface area contributed by atoms with Crippen LogP contribution in [0.1, 0.15) is 389 Å². The molecule has 0 bridgehead atoms. The van der Waals surface area contributed by atoms with Crippen LogP contribution in [0.4, 0.5) is 0 Å². The second kappa shape index (κ2) is 65.5. The SMILES string of the molecule is CC(C)=CCC/C(C)=C/CC/C(C)=C/CC/C(C)=C/CC/C(C)=C/CC/C(C)=C/CC/C(C)=C/CC/C(C)=C/CC/C(C)=C/CC/C(C)=C/CC/C(C)=C/CC/C(C)=C/CC/C(C)=C/CC/C(C)=C/CC/C(C)=C/CC/C(C)=C/CC/C(C)=C/CC/C(C)=C/CC/C(C)=C/CC/C(C)=C/COP(=O)(O)OP(=O)(O)O. The van der Waals surface area contributed by atoms with Crippen LogP contribution in [0.3, 0.4) is 0 Å². The summed E-state index contributed by atoms with van der Waals surface area (Å²) >= 11 is 0. The van der Waals surface area contributed by atoms with E-state index in [4.69, 9.17) is 9.79 Å². The van der Waals surface area contributed by atoms with Gasteiger partial charge in [0.15, 0.2) is 0 Å². The Labute approximate surface area is 673 Å². The van der Waals surface area contributed by atoms with Crippen LogP contribution in [-0.4, -0.2) is 21.3 Å². The highest BCUT2D eigenvalue weighted by Gasteiger charge is 2.32. The Bertz CT molecular complexity index is 3350. The molecule has 3 N–H and O–H groups in total. The molecule has 1 atom stereocenters. The van der Waals surface area contributed by atoms with Crippen molar-refractivity contribution < 1.29 is 32.6 Å². The molecule has 1 unspecified atom stereocenters. The molecule has 0 spiro atoms.